The van der Waals surface area contributed by atoms with Crippen LogP contribution in [0, 0.1) is 6.92 Å². The van der Waals surface area contributed by atoms with Crippen molar-refractivity contribution >= 4 is 5.91 Å². The number of benzene rings is 1. The lowest BCUT2D eigenvalue weighted by Crippen LogP contribution is -2.60. The molecule has 3 aliphatic rings. The maximum Gasteiger partial charge on any atom is 0.234 e. The first kappa shape index (κ1) is 20.8. The van der Waals surface area contributed by atoms with Gasteiger partial charge in [-0.3, -0.25) is 14.6 Å². The van der Waals surface area contributed by atoms with E-state index in [9.17, 15) is 4.79 Å². The molecular weight excluding hydrogens is 362 g/mol. The Morgan fingerprint density at radius 3 is 2.66 bits per heavy atom. The largest absolute Gasteiger partial charge is 0.379 e. The monoisotopic (exact) mass is 399 g/mol. The molecular formula is C24H37N3O2. The second-order valence-corrected chi connectivity index (χ2v) is 9.29. The summed E-state index contributed by atoms with van der Waals surface area (Å²) >= 11 is 0. The molecule has 2 saturated carbocycles. The highest BCUT2D eigenvalue weighted by Crippen LogP contribution is 2.34. The third kappa shape index (κ3) is 5.59. The number of ether oxygens (including phenoxy) is 1. The van der Waals surface area contributed by atoms with E-state index in [1.165, 1.54) is 56.1 Å². The Hall–Kier alpha value is -1.43. The Morgan fingerprint density at radius 1 is 1.21 bits per heavy atom. The van der Waals surface area contributed by atoms with Crippen LogP contribution in [0.15, 0.2) is 24.3 Å². The summed E-state index contributed by atoms with van der Waals surface area (Å²) < 4.78 is 5.58. The molecule has 29 heavy (non-hydrogen) atoms. The Balaban J connectivity index is 1.34. The van der Waals surface area contributed by atoms with Crippen LogP contribution in [-0.2, 0) is 16.1 Å². The Kier molecular flexibility index (Phi) is 6.88. The number of aryl methyl sites for hydroxylation is 1. The fraction of sp³-hybridized carbons (Fsp3) is 0.708. The van der Waals surface area contributed by atoms with Crippen molar-refractivity contribution in [1.82, 2.24) is 15.1 Å². The summed E-state index contributed by atoms with van der Waals surface area (Å²) in [6.07, 6.45) is 8.70. The molecule has 1 aromatic rings. The maximum absolute atomic E-state index is 12.9. The van der Waals surface area contributed by atoms with Crippen molar-refractivity contribution in [2.24, 2.45) is 0 Å². The predicted octanol–water partition coefficient (Wildman–Crippen LogP) is 3.11. The van der Waals surface area contributed by atoms with Crippen LogP contribution in [-0.4, -0.2) is 66.7 Å². The number of carbonyl (C=O) groups is 1. The van der Waals surface area contributed by atoms with Crippen molar-refractivity contribution in [1.29, 1.82) is 0 Å². The molecule has 1 aromatic carbocycles. The van der Waals surface area contributed by atoms with E-state index in [0.717, 1.165) is 39.4 Å². The summed E-state index contributed by atoms with van der Waals surface area (Å²) in [4.78, 5) is 17.9. The number of rotatable bonds is 8. The minimum absolute atomic E-state index is 0.138. The molecule has 5 heteroatoms. The third-order valence-electron chi connectivity index (χ3n) is 6.96. The summed E-state index contributed by atoms with van der Waals surface area (Å²) in [5.41, 5.74) is 2.73. The summed E-state index contributed by atoms with van der Waals surface area (Å²) in [6.45, 7) is 7.94. The standard InChI is InChI=1S/C24H37N3O2/c1-20-6-5-7-21(16-20)17-26(22-8-9-22)18-23(28)25-19-24(10-3-2-4-11-24)27-12-14-29-15-13-27/h5-7,16,22H,2-4,8-15,17-19H2,1H3,(H,25,28). The zero-order chi connectivity index (χ0) is 20.1. The average Bonchev–Trinajstić information content (AvgIpc) is 3.59. The smallest absolute Gasteiger partial charge is 0.234 e. The van der Waals surface area contributed by atoms with Crippen molar-refractivity contribution in [2.45, 2.75) is 70.0 Å². The van der Waals surface area contributed by atoms with Crippen molar-refractivity contribution < 1.29 is 9.53 Å². The number of hydrogen-bond acceptors (Lipinski definition) is 4. The third-order valence-corrected chi connectivity index (χ3v) is 6.96. The van der Waals surface area contributed by atoms with Gasteiger partial charge in [0.05, 0.1) is 19.8 Å². The number of morpholine rings is 1. The molecule has 4 rings (SSSR count). The van der Waals surface area contributed by atoms with Gasteiger partial charge in [-0.15, -0.1) is 0 Å². The number of nitrogens with zero attached hydrogens (tertiary/aromatic N) is 2. The van der Waals surface area contributed by atoms with Gasteiger partial charge in [0.2, 0.25) is 5.91 Å². The van der Waals surface area contributed by atoms with Crippen LogP contribution in [0.5, 0.6) is 0 Å². The Bertz CT molecular complexity index is 676. The van der Waals surface area contributed by atoms with Gasteiger partial charge < -0.3 is 10.1 Å². The highest BCUT2D eigenvalue weighted by Gasteiger charge is 2.39. The van der Waals surface area contributed by atoms with Gasteiger partial charge in [-0.25, -0.2) is 0 Å². The SMILES string of the molecule is Cc1cccc(CN(CC(=O)NCC2(N3CCOCC3)CCCCC2)C2CC2)c1. The molecule has 1 aliphatic heterocycles. The summed E-state index contributed by atoms with van der Waals surface area (Å²) in [6, 6.07) is 9.24. The Morgan fingerprint density at radius 2 is 1.97 bits per heavy atom. The fourth-order valence-corrected chi connectivity index (χ4v) is 5.15. The summed E-state index contributed by atoms with van der Waals surface area (Å²) in [5.74, 6) is 0.183. The van der Waals surface area contributed by atoms with Gasteiger partial charge in [-0.2, -0.15) is 0 Å². The lowest BCUT2D eigenvalue weighted by molar-refractivity contribution is -0.123. The summed E-state index contributed by atoms with van der Waals surface area (Å²) in [5, 5.41) is 3.34. The molecule has 5 nitrogen and oxygen atoms in total. The van der Waals surface area contributed by atoms with Crippen LogP contribution in [0.3, 0.4) is 0 Å². The first-order chi connectivity index (χ1) is 14.1. The van der Waals surface area contributed by atoms with Gasteiger partial charge in [0.25, 0.3) is 0 Å². The number of amides is 1. The molecule has 2 aliphatic carbocycles. The molecule has 0 atom stereocenters. The molecule has 1 N–H and O–H groups in total. The van der Waals surface area contributed by atoms with E-state index < -0.39 is 0 Å². The quantitative estimate of drug-likeness (QED) is 0.730. The normalized spacial score (nSPS) is 22.6. The van der Waals surface area contributed by atoms with Crippen molar-refractivity contribution in [3.63, 3.8) is 0 Å². The van der Waals surface area contributed by atoms with Crippen molar-refractivity contribution in [3.05, 3.63) is 35.4 Å². The van der Waals surface area contributed by atoms with E-state index in [-0.39, 0.29) is 11.4 Å². The van der Waals surface area contributed by atoms with Crippen LogP contribution < -0.4 is 5.32 Å². The highest BCUT2D eigenvalue weighted by atomic mass is 16.5. The van der Waals surface area contributed by atoms with Gasteiger partial charge in [-0.05, 0) is 38.2 Å². The van der Waals surface area contributed by atoms with E-state index in [1.54, 1.807) is 0 Å². The first-order valence-electron chi connectivity index (χ1n) is 11.5. The summed E-state index contributed by atoms with van der Waals surface area (Å²) in [7, 11) is 0. The fourth-order valence-electron chi connectivity index (χ4n) is 5.15. The maximum atomic E-state index is 12.9. The van der Waals surface area contributed by atoms with Crippen LogP contribution in [0.1, 0.15) is 56.1 Å². The van der Waals surface area contributed by atoms with Gasteiger partial charge in [0, 0.05) is 37.8 Å². The predicted molar refractivity (Wildman–Crippen MR) is 116 cm³/mol. The number of carbonyl (C=O) groups excluding carboxylic acids is 1. The van der Waals surface area contributed by atoms with E-state index in [4.69, 9.17) is 4.74 Å². The van der Waals surface area contributed by atoms with Crippen molar-refractivity contribution in [3.8, 4) is 0 Å². The molecule has 1 saturated heterocycles. The molecule has 3 fully saturated rings. The minimum atomic E-state index is 0.138. The van der Waals surface area contributed by atoms with Gasteiger partial charge in [0.15, 0.2) is 0 Å². The van der Waals surface area contributed by atoms with Gasteiger partial charge >= 0.3 is 0 Å². The zero-order valence-electron chi connectivity index (χ0n) is 18.0. The molecule has 1 heterocycles. The van der Waals surface area contributed by atoms with Gasteiger partial charge in [0.1, 0.15) is 0 Å². The van der Waals surface area contributed by atoms with Gasteiger partial charge in [-0.1, -0.05) is 49.1 Å². The number of hydrogen-bond donors (Lipinski definition) is 1. The van der Waals surface area contributed by atoms with E-state index in [1.807, 2.05) is 0 Å². The zero-order valence-corrected chi connectivity index (χ0v) is 18.0. The minimum Gasteiger partial charge on any atom is -0.379 e. The van der Waals surface area contributed by atoms with Crippen LogP contribution in [0.4, 0.5) is 0 Å². The lowest BCUT2D eigenvalue weighted by atomic mass is 9.79. The molecule has 0 unspecified atom stereocenters. The topological polar surface area (TPSA) is 44.8 Å². The lowest BCUT2D eigenvalue weighted by Gasteiger charge is -2.48. The first-order valence-corrected chi connectivity index (χ1v) is 11.5. The second kappa shape index (κ2) is 9.59. The molecule has 0 bridgehead atoms. The van der Waals surface area contributed by atoms with Crippen LogP contribution in [0.25, 0.3) is 0 Å². The van der Waals surface area contributed by atoms with Crippen molar-refractivity contribution in [2.75, 3.05) is 39.4 Å². The number of nitrogens with one attached hydrogen (secondary N) is 1. The van der Waals surface area contributed by atoms with Crippen LogP contribution in [0.2, 0.25) is 0 Å². The molecule has 160 valence electrons. The van der Waals surface area contributed by atoms with E-state index in [0.29, 0.717) is 12.6 Å². The van der Waals surface area contributed by atoms with E-state index >= 15 is 0 Å². The van der Waals surface area contributed by atoms with E-state index in [2.05, 4.69) is 46.3 Å². The van der Waals surface area contributed by atoms with Crippen LogP contribution >= 0.6 is 0 Å². The molecule has 1 amide bonds. The molecule has 0 aromatic heterocycles. The average molecular weight is 400 g/mol. The Labute approximate surface area is 175 Å². The highest BCUT2D eigenvalue weighted by molar-refractivity contribution is 5.78. The molecule has 0 spiro atoms. The molecule has 0 radical (unpaired) electrons. The second-order valence-electron chi connectivity index (χ2n) is 9.29.